The van der Waals surface area contributed by atoms with E-state index in [9.17, 15) is 13.5 Å². The smallest absolute Gasteiger partial charge is 0.147 e. The second-order valence-electron chi connectivity index (χ2n) is 4.68. The molecule has 1 N–H and O–H groups in total. The molecule has 1 aliphatic rings. The molecule has 0 aliphatic carbocycles. The highest BCUT2D eigenvalue weighted by atomic mass is 32.2. The molecule has 0 saturated carbocycles. The van der Waals surface area contributed by atoms with Crippen molar-refractivity contribution >= 4 is 9.84 Å². The molecule has 5 heteroatoms. The van der Waals surface area contributed by atoms with Crippen molar-refractivity contribution in [2.45, 2.75) is 12.8 Å². The summed E-state index contributed by atoms with van der Waals surface area (Å²) in [6, 6.07) is 0. The molecule has 15 heavy (non-hydrogen) atoms. The van der Waals surface area contributed by atoms with Crippen molar-refractivity contribution in [3.05, 3.63) is 0 Å². The SMILES string of the molecule is CN1CCC(C(CO)CS(C)(=O)=O)CC1. The summed E-state index contributed by atoms with van der Waals surface area (Å²) in [6.45, 7) is 2.00. The van der Waals surface area contributed by atoms with Gasteiger partial charge < -0.3 is 10.0 Å². The van der Waals surface area contributed by atoms with Crippen LogP contribution in [0.15, 0.2) is 0 Å². The van der Waals surface area contributed by atoms with Crippen LogP contribution in [0, 0.1) is 11.8 Å². The van der Waals surface area contributed by atoms with Gasteiger partial charge in [0.1, 0.15) is 9.84 Å². The molecule has 0 aromatic rings. The first-order valence-corrected chi connectivity index (χ1v) is 7.45. The van der Waals surface area contributed by atoms with E-state index in [1.165, 1.54) is 6.26 Å². The first-order valence-electron chi connectivity index (χ1n) is 5.39. The lowest BCUT2D eigenvalue weighted by atomic mass is 9.86. The molecule has 4 nitrogen and oxygen atoms in total. The van der Waals surface area contributed by atoms with Gasteiger partial charge in [-0.25, -0.2) is 8.42 Å². The Morgan fingerprint density at radius 3 is 2.33 bits per heavy atom. The molecule has 0 amide bonds. The van der Waals surface area contributed by atoms with Crippen LogP contribution in [0.4, 0.5) is 0 Å². The Morgan fingerprint density at radius 2 is 1.93 bits per heavy atom. The molecule has 0 bridgehead atoms. The highest BCUT2D eigenvalue weighted by Gasteiger charge is 2.27. The second-order valence-corrected chi connectivity index (χ2v) is 6.86. The van der Waals surface area contributed by atoms with Crippen molar-refractivity contribution in [3.8, 4) is 0 Å². The first-order chi connectivity index (χ1) is 6.92. The summed E-state index contributed by atoms with van der Waals surface area (Å²) in [5.74, 6) is 0.410. The van der Waals surface area contributed by atoms with E-state index in [1.807, 2.05) is 0 Å². The molecule has 1 aliphatic heterocycles. The minimum absolute atomic E-state index is 0.0124. The van der Waals surface area contributed by atoms with Crippen LogP contribution < -0.4 is 0 Å². The Balaban J connectivity index is 2.52. The number of hydrogen-bond donors (Lipinski definition) is 1. The maximum atomic E-state index is 11.2. The molecule has 1 atom stereocenters. The average molecular weight is 235 g/mol. The van der Waals surface area contributed by atoms with Crippen LogP contribution in [0.1, 0.15) is 12.8 Å². The van der Waals surface area contributed by atoms with Crippen LogP contribution in [-0.2, 0) is 9.84 Å². The third-order valence-corrected chi connectivity index (χ3v) is 4.21. The van der Waals surface area contributed by atoms with Gasteiger partial charge in [0, 0.05) is 12.9 Å². The van der Waals surface area contributed by atoms with E-state index in [0.29, 0.717) is 5.92 Å². The minimum Gasteiger partial charge on any atom is -0.396 e. The average Bonchev–Trinajstić information content (AvgIpc) is 2.14. The van der Waals surface area contributed by atoms with Crippen LogP contribution >= 0.6 is 0 Å². The summed E-state index contributed by atoms with van der Waals surface area (Å²) in [5.41, 5.74) is 0. The van der Waals surface area contributed by atoms with Crippen LogP contribution in [0.25, 0.3) is 0 Å². The zero-order valence-corrected chi connectivity index (χ0v) is 10.3. The summed E-state index contributed by atoms with van der Waals surface area (Å²) >= 11 is 0. The molecule has 1 saturated heterocycles. The number of likely N-dealkylation sites (tertiary alicyclic amines) is 1. The van der Waals surface area contributed by atoms with E-state index in [-0.39, 0.29) is 18.3 Å². The summed E-state index contributed by atoms with van der Waals surface area (Å²) in [4.78, 5) is 2.24. The maximum Gasteiger partial charge on any atom is 0.147 e. The van der Waals surface area contributed by atoms with Crippen molar-refractivity contribution in [2.24, 2.45) is 11.8 Å². The molecule has 0 radical (unpaired) electrons. The summed E-state index contributed by atoms with van der Waals surface area (Å²) in [5, 5.41) is 9.23. The minimum atomic E-state index is -2.97. The third-order valence-electron chi connectivity index (χ3n) is 3.18. The van der Waals surface area contributed by atoms with Crippen molar-refractivity contribution in [3.63, 3.8) is 0 Å². The quantitative estimate of drug-likeness (QED) is 0.744. The second kappa shape index (κ2) is 5.27. The molecular weight excluding hydrogens is 214 g/mol. The van der Waals surface area contributed by atoms with Crippen molar-refractivity contribution in [1.82, 2.24) is 4.90 Å². The molecule has 1 fully saturated rings. The zero-order chi connectivity index (χ0) is 11.5. The number of sulfone groups is 1. The van der Waals surface area contributed by atoms with Crippen LogP contribution in [-0.4, -0.2) is 57.2 Å². The molecular formula is C10H21NO3S. The first kappa shape index (κ1) is 12.9. The number of aliphatic hydroxyl groups is 1. The molecule has 0 spiro atoms. The van der Waals surface area contributed by atoms with Gasteiger partial charge in [0.15, 0.2) is 0 Å². The molecule has 0 aromatic carbocycles. The van der Waals surface area contributed by atoms with E-state index in [4.69, 9.17) is 0 Å². The van der Waals surface area contributed by atoms with Crippen LogP contribution in [0.2, 0.25) is 0 Å². The number of hydrogen-bond acceptors (Lipinski definition) is 4. The number of aliphatic hydroxyl groups excluding tert-OH is 1. The van der Waals surface area contributed by atoms with Gasteiger partial charge in [-0.15, -0.1) is 0 Å². The monoisotopic (exact) mass is 235 g/mol. The molecule has 1 rings (SSSR count). The fourth-order valence-electron chi connectivity index (χ4n) is 2.23. The Labute approximate surface area is 92.2 Å². The van der Waals surface area contributed by atoms with E-state index in [2.05, 4.69) is 11.9 Å². The lowest BCUT2D eigenvalue weighted by molar-refractivity contribution is 0.130. The molecule has 1 unspecified atom stereocenters. The van der Waals surface area contributed by atoms with Crippen molar-refractivity contribution in [1.29, 1.82) is 0 Å². The highest BCUT2D eigenvalue weighted by molar-refractivity contribution is 7.90. The maximum absolute atomic E-state index is 11.2. The Hall–Kier alpha value is -0.130. The summed E-state index contributed by atoms with van der Waals surface area (Å²) < 4.78 is 22.4. The van der Waals surface area contributed by atoms with E-state index in [1.54, 1.807) is 0 Å². The number of nitrogens with zero attached hydrogens (tertiary/aromatic N) is 1. The molecule has 90 valence electrons. The Morgan fingerprint density at radius 1 is 1.40 bits per heavy atom. The normalized spacial score (nSPS) is 22.9. The number of piperidine rings is 1. The molecule has 0 aromatic heterocycles. The van der Waals surface area contributed by atoms with Gasteiger partial charge in [-0.05, 0) is 44.8 Å². The Kier molecular flexibility index (Phi) is 4.55. The lowest BCUT2D eigenvalue weighted by Crippen LogP contribution is -2.36. The lowest BCUT2D eigenvalue weighted by Gasteiger charge is -2.33. The highest BCUT2D eigenvalue weighted by Crippen LogP contribution is 2.25. The van der Waals surface area contributed by atoms with Gasteiger partial charge in [-0.1, -0.05) is 0 Å². The van der Waals surface area contributed by atoms with Crippen molar-refractivity contribution < 1.29 is 13.5 Å². The predicted octanol–water partition coefficient (Wildman–Crippen LogP) is -0.0187. The largest absolute Gasteiger partial charge is 0.396 e. The predicted molar refractivity (Wildman–Crippen MR) is 60.5 cm³/mol. The zero-order valence-electron chi connectivity index (χ0n) is 9.52. The topological polar surface area (TPSA) is 57.6 Å². The van der Waals surface area contributed by atoms with Crippen LogP contribution in [0.5, 0.6) is 0 Å². The summed E-state index contributed by atoms with van der Waals surface area (Å²) in [7, 11) is -0.902. The fourth-order valence-corrected chi connectivity index (χ4v) is 3.38. The van der Waals surface area contributed by atoms with Gasteiger partial charge in [-0.3, -0.25) is 0 Å². The van der Waals surface area contributed by atoms with Gasteiger partial charge in [0.25, 0.3) is 0 Å². The standard InChI is InChI=1S/C10H21NO3S/c1-11-5-3-9(4-6-11)10(7-12)8-15(2,13)14/h9-10,12H,3-8H2,1-2H3. The van der Waals surface area contributed by atoms with Crippen molar-refractivity contribution in [2.75, 3.05) is 38.8 Å². The fraction of sp³-hybridized carbons (Fsp3) is 1.00. The van der Waals surface area contributed by atoms with Gasteiger partial charge in [-0.2, -0.15) is 0 Å². The van der Waals surface area contributed by atoms with E-state index in [0.717, 1.165) is 25.9 Å². The van der Waals surface area contributed by atoms with Gasteiger partial charge >= 0.3 is 0 Å². The number of rotatable bonds is 4. The Bertz CT molecular complexity index is 281. The van der Waals surface area contributed by atoms with E-state index >= 15 is 0 Å². The van der Waals surface area contributed by atoms with Crippen LogP contribution in [0.3, 0.4) is 0 Å². The van der Waals surface area contributed by atoms with E-state index < -0.39 is 9.84 Å². The summed E-state index contributed by atoms with van der Waals surface area (Å²) in [6.07, 6.45) is 3.24. The third kappa shape index (κ3) is 4.49. The van der Waals surface area contributed by atoms with Gasteiger partial charge in [0.2, 0.25) is 0 Å². The van der Waals surface area contributed by atoms with Gasteiger partial charge in [0.05, 0.1) is 5.75 Å². The molecule has 1 heterocycles.